The van der Waals surface area contributed by atoms with Gasteiger partial charge >= 0.3 is 0 Å². The fraction of sp³-hybridized carbons (Fsp3) is 0.238. The monoisotopic (exact) mass is 391 g/mol. The number of amides is 1. The molecule has 0 atom stereocenters. The van der Waals surface area contributed by atoms with Crippen LogP contribution in [0.2, 0.25) is 0 Å². The first-order valence-electron chi connectivity index (χ1n) is 9.14. The Bertz CT molecular complexity index is 1110. The van der Waals surface area contributed by atoms with Crippen LogP contribution in [0.25, 0.3) is 11.8 Å². The van der Waals surface area contributed by atoms with Crippen molar-refractivity contribution in [3.05, 3.63) is 58.4 Å². The number of nitrogens with zero attached hydrogens (tertiary/aromatic N) is 4. The molecule has 0 spiro atoms. The SMILES string of the molecule is CCC1=NN2C(=N)/C(=C/c3cc(C)n(-c4cccc(C)c4)c3C)C(=O)N=C2S1. The third-order valence-corrected chi connectivity index (χ3v) is 5.88. The Morgan fingerprint density at radius 2 is 2.00 bits per heavy atom. The van der Waals surface area contributed by atoms with E-state index in [9.17, 15) is 4.79 Å². The minimum absolute atomic E-state index is 0.0753. The lowest BCUT2D eigenvalue weighted by Gasteiger charge is -2.20. The van der Waals surface area contributed by atoms with Crippen LogP contribution in [0.3, 0.4) is 0 Å². The van der Waals surface area contributed by atoms with Crippen LogP contribution in [0.1, 0.15) is 35.9 Å². The van der Waals surface area contributed by atoms with E-state index >= 15 is 0 Å². The summed E-state index contributed by atoms with van der Waals surface area (Å²) in [6.45, 7) is 8.12. The summed E-state index contributed by atoms with van der Waals surface area (Å²) >= 11 is 1.35. The van der Waals surface area contributed by atoms with Gasteiger partial charge in [0.1, 0.15) is 5.04 Å². The van der Waals surface area contributed by atoms with E-state index in [-0.39, 0.29) is 11.4 Å². The molecular weight excluding hydrogens is 370 g/mol. The van der Waals surface area contributed by atoms with Crippen molar-refractivity contribution in [2.75, 3.05) is 0 Å². The number of nitrogens with one attached hydrogen (secondary N) is 1. The molecule has 28 heavy (non-hydrogen) atoms. The van der Waals surface area contributed by atoms with Crippen molar-refractivity contribution in [2.45, 2.75) is 34.1 Å². The van der Waals surface area contributed by atoms with Gasteiger partial charge in [0, 0.05) is 17.1 Å². The van der Waals surface area contributed by atoms with Gasteiger partial charge in [-0.05, 0) is 74.4 Å². The first kappa shape index (κ1) is 18.4. The summed E-state index contributed by atoms with van der Waals surface area (Å²) in [5.74, 6) is -0.317. The second kappa shape index (κ2) is 6.91. The van der Waals surface area contributed by atoms with Crippen molar-refractivity contribution < 1.29 is 4.79 Å². The first-order valence-corrected chi connectivity index (χ1v) is 9.95. The molecule has 0 aliphatic carbocycles. The summed E-state index contributed by atoms with van der Waals surface area (Å²) in [5, 5.41) is 15.6. The zero-order valence-corrected chi connectivity index (χ0v) is 17.1. The molecule has 0 saturated heterocycles. The van der Waals surface area contributed by atoms with Crippen molar-refractivity contribution in [2.24, 2.45) is 10.1 Å². The molecule has 2 aliphatic rings. The molecule has 1 amide bonds. The van der Waals surface area contributed by atoms with Crippen molar-refractivity contribution in [1.82, 2.24) is 9.58 Å². The van der Waals surface area contributed by atoms with Crippen LogP contribution >= 0.6 is 11.8 Å². The lowest BCUT2D eigenvalue weighted by Crippen LogP contribution is -2.35. The molecule has 1 aromatic carbocycles. The van der Waals surface area contributed by atoms with E-state index in [1.165, 1.54) is 22.3 Å². The summed E-state index contributed by atoms with van der Waals surface area (Å²) in [5.41, 5.74) is 5.51. The van der Waals surface area contributed by atoms with Crippen molar-refractivity contribution >= 4 is 39.8 Å². The van der Waals surface area contributed by atoms with Gasteiger partial charge in [0.05, 0.1) is 5.57 Å². The van der Waals surface area contributed by atoms with E-state index < -0.39 is 5.91 Å². The summed E-state index contributed by atoms with van der Waals surface area (Å²) in [6.07, 6.45) is 2.50. The van der Waals surface area contributed by atoms with Gasteiger partial charge in [-0.1, -0.05) is 19.1 Å². The number of aliphatic imine (C=N–C) groups is 1. The van der Waals surface area contributed by atoms with Gasteiger partial charge in [0.15, 0.2) is 5.84 Å². The number of fused-ring (bicyclic) bond motifs is 1. The van der Waals surface area contributed by atoms with Crippen LogP contribution < -0.4 is 0 Å². The highest BCUT2D eigenvalue weighted by atomic mass is 32.2. The van der Waals surface area contributed by atoms with E-state index in [0.29, 0.717) is 5.17 Å². The highest BCUT2D eigenvalue weighted by molar-refractivity contribution is 8.26. The summed E-state index contributed by atoms with van der Waals surface area (Å²) < 4.78 is 2.16. The molecule has 7 heteroatoms. The van der Waals surface area contributed by atoms with Crippen molar-refractivity contribution in [1.29, 1.82) is 5.41 Å². The largest absolute Gasteiger partial charge is 0.318 e. The Hall–Kier alpha value is -2.93. The normalized spacial score (nSPS) is 17.9. The summed E-state index contributed by atoms with van der Waals surface area (Å²) in [4.78, 5) is 16.7. The Morgan fingerprint density at radius 1 is 1.21 bits per heavy atom. The maximum atomic E-state index is 12.6. The van der Waals surface area contributed by atoms with Gasteiger partial charge in [-0.15, -0.1) is 0 Å². The highest BCUT2D eigenvalue weighted by Crippen LogP contribution is 2.30. The number of hydrazone groups is 1. The molecule has 2 aromatic rings. The molecule has 6 nitrogen and oxygen atoms in total. The van der Waals surface area contributed by atoms with Gasteiger partial charge in [-0.25, -0.2) is 0 Å². The molecule has 0 bridgehead atoms. The molecule has 1 aromatic heterocycles. The van der Waals surface area contributed by atoms with Crippen LogP contribution in [-0.2, 0) is 4.79 Å². The lowest BCUT2D eigenvalue weighted by atomic mass is 10.1. The number of aromatic nitrogens is 1. The fourth-order valence-corrected chi connectivity index (χ4v) is 4.25. The lowest BCUT2D eigenvalue weighted by molar-refractivity contribution is -0.114. The zero-order chi connectivity index (χ0) is 20.0. The molecular formula is C21H21N5OS. The third kappa shape index (κ3) is 3.01. The molecule has 142 valence electrons. The van der Waals surface area contributed by atoms with Gasteiger partial charge in [0.25, 0.3) is 5.91 Å². The molecule has 0 fully saturated rings. The zero-order valence-electron chi connectivity index (χ0n) is 16.3. The number of carbonyl (C=O) groups excluding carboxylic acids is 1. The minimum atomic E-state index is -0.392. The smallest absolute Gasteiger partial charge is 0.283 e. The van der Waals surface area contributed by atoms with Gasteiger partial charge in [0.2, 0.25) is 5.17 Å². The Balaban J connectivity index is 1.76. The number of hydrogen-bond donors (Lipinski definition) is 1. The maximum Gasteiger partial charge on any atom is 0.283 e. The fourth-order valence-electron chi connectivity index (χ4n) is 3.43. The van der Waals surface area contributed by atoms with Gasteiger partial charge < -0.3 is 4.57 Å². The van der Waals surface area contributed by atoms with Crippen molar-refractivity contribution in [3.8, 4) is 5.69 Å². The quantitative estimate of drug-likeness (QED) is 0.787. The van der Waals surface area contributed by atoms with E-state index in [1.54, 1.807) is 6.08 Å². The van der Waals surface area contributed by atoms with Crippen LogP contribution in [0, 0.1) is 26.2 Å². The predicted octanol–water partition coefficient (Wildman–Crippen LogP) is 4.43. The number of thioether (sulfide) groups is 1. The minimum Gasteiger partial charge on any atom is -0.318 e. The van der Waals surface area contributed by atoms with Gasteiger partial charge in [-0.3, -0.25) is 10.2 Å². The maximum absolute atomic E-state index is 12.6. The van der Waals surface area contributed by atoms with E-state index in [0.717, 1.165) is 34.1 Å². The number of hydrogen-bond acceptors (Lipinski definition) is 4. The second-order valence-corrected chi connectivity index (χ2v) is 7.91. The van der Waals surface area contributed by atoms with E-state index in [4.69, 9.17) is 5.41 Å². The van der Waals surface area contributed by atoms with Crippen LogP contribution in [0.5, 0.6) is 0 Å². The second-order valence-electron chi connectivity index (χ2n) is 6.87. The number of amidine groups is 2. The van der Waals surface area contributed by atoms with Crippen LogP contribution in [0.15, 0.2) is 46.0 Å². The molecule has 0 saturated carbocycles. The first-order chi connectivity index (χ1) is 13.4. The summed E-state index contributed by atoms with van der Waals surface area (Å²) in [7, 11) is 0. The van der Waals surface area contributed by atoms with Crippen LogP contribution in [0.4, 0.5) is 0 Å². The Labute approximate surface area is 168 Å². The predicted molar refractivity (Wildman–Crippen MR) is 115 cm³/mol. The number of benzene rings is 1. The Kier molecular flexibility index (Phi) is 4.55. The van der Waals surface area contributed by atoms with Crippen molar-refractivity contribution in [3.63, 3.8) is 0 Å². The highest BCUT2D eigenvalue weighted by Gasteiger charge is 2.35. The number of carbonyl (C=O) groups is 1. The molecule has 4 rings (SSSR count). The van der Waals surface area contributed by atoms with Gasteiger partial charge in [-0.2, -0.15) is 15.1 Å². The topological polar surface area (TPSA) is 73.8 Å². The number of aryl methyl sites for hydroxylation is 2. The molecule has 3 heterocycles. The summed E-state index contributed by atoms with van der Waals surface area (Å²) in [6, 6.07) is 10.3. The molecule has 1 N–H and O–H groups in total. The number of rotatable bonds is 3. The average Bonchev–Trinajstić information content (AvgIpc) is 3.19. The van der Waals surface area contributed by atoms with E-state index in [1.807, 2.05) is 32.9 Å². The standard InChI is InChI=1S/C21H21N5OS/c1-5-18-24-26-19(22)17(20(27)23-21(26)28-18)11-15-10-13(3)25(14(15)4)16-8-6-7-12(2)9-16/h6-11,22H,5H2,1-4H3/b17-11-,22-19?. The molecule has 2 aliphatic heterocycles. The van der Waals surface area contributed by atoms with E-state index in [2.05, 4.69) is 39.8 Å². The molecule has 0 unspecified atom stereocenters. The Morgan fingerprint density at radius 3 is 2.71 bits per heavy atom. The van der Waals surface area contributed by atoms with Crippen LogP contribution in [-0.4, -0.2) is 31.5 Å². The third-order valence-electron chi connectivity index (χ3n) is 4.83. The average molecular weight is 392 g/mol. The molecule has 0 radical (unpaired) electrons.